The third-order valence-corrected chi connectivity index (χ3v) is 7.78. The number of amides is 2. The maximum absolute atomic E-state index is 12.9. The minimum Gasteiger partial charge on any atom is -0.283 e. The zero-order chi connectivity index (χ0) is 24.6. The summed E-state index contributed by atoms with van der Waals surface area (Å²) in [5, 5.41) is 4.42. The van der Waals surface area contributed by atoms with Crippen LogP contribution < -0.4 is 10.9 Å². The number of para-hydroxylation sites is 1. The van der Waals surface area contributed by atoms with Crippen molar-refractivity contribution in [3.05, 3.63) is 68.7 Å². The number of Topliss-reactive ketones (excluding diaryl/α,β-unsaturated/α-hetero) is 1. The molecule has 2 N–H and O–H groups in total. The molecule has 34 heavy (non-hydrogen) atoms. The Morgan fingerprint density at radius 1 is 1.09 bits per heavy atom. The van der Waals surface area contributed by atoms with E-state index in [9.17, 15) is 14.4 Å². The summed E-state index contributed by atoms with van der Waals surface area (Å²) < 4.78 is 1.63. The fourth-order valence-electron chi connectivity index (χ4n) is 4.51. The fraction of sp³-hybridized carbons (Fsp3) is 0.385. The zero-order valence-electron chi connectivity index (χ0n) is 20.2. The third-order valence-electron chi connectivity index (χ3n) is 6.55. The molecule has 0 radical (unpaired) electrons. The first kappa shape index (κ1) is 23.9. The van der Waals surface area contributed by atoms with E-state index in [1.165, 1.54) is 21.8 Å². The van der Waals surface area contributed by atoms with Crippen LogP contribution in [0.2, 0.25) is 0 Å². The first-order valence-corrected chi connectivity index (χ1v) is 12.3. The highest BCUT2D eigenvalue weighted by atomic mass is 32.1. The molecule has 2 aromatic heterocycles. The molecule has 7 nitrogen and oxygen atoms in total. The van der Waals surface area contributed by atoms with E-state index in [4.69, 9.17) is 0 Å². The van der Waals surface area contributed by atoms with Crippen molar-refractivity contribution < 1.29 is 14.4 Å². The molecule has 0 fully saturated rings. The molecule has 2 amide bonds. The number of carbonyl (C=O) groups excluding carboxylic acids is 3. The Labute approximate surface area is 203 Å². The first-order chi connectivity index (χ1) is 16.1. The number of aromatic nitrogens is 2. The Morgan fingerprint density at radius 2 is 1.79 bits per heavy atom. The molecule has 8 heteroatoms. The summed E-state index contributed by atoms with van der Waals surface area (Å²) in [6.07, 6.45) is 3.03. The van der Waals surface area contributed by atoms with Gasteiger partial charge in [0.25, 0.3) is 11.7 Å². The lowest BCUT2D eigenvalue weighted by molar-refractivity contribution is -0.117. The van der Waals surface area contributed by atoms with Crippen LogP contribution in [0.15, 0.2) is 36.4 Å². The van der Waals surface area contributed by atoms with Crippen molar-refractivity contribution in [3.8, 4) is 5.69 Å². The average Bonchev–Trinajstić information content (AvgIpc) is 3.36. The van der Waals surface area contributed by atoms with Crippen LogP contribution in [0.25, 0.3) is 5.69 Å². The predicted octanol–water partition coefficient (Wildman–Crippen LogP) is 4.35. The predicted molar refractivity (Wildman–Crippen MR) is 132 cm³/mol. The van der Waals surface area contributed by atoms with Crippen LogP contribution in [0.4, 0.5) is 0 Å². The van der Waals surface area contributed by atoms with Gasteiger partial charge < -0.3 is 0 Å². The normalized spacial score (nSPS) is 15.5. The summed E-state index contributed by atoms with van der Waals surface area (Å²) in [5.74, 6) is -1.48. The van der Waals surface area contributed by atoms with Crippen molar-refractivity contribution in [3.63, 3.8) is 0 Å². The highest BCUT2D eigenvalue weighted by Gasteiger charge is 2.31. The van der Waals surface area contributed by atoms with Crippen molar-refractivity contribution in [1.82, 2.24) is 20.6 Å². The summed E-state index contributed by atoms with van der Waals surface area (Å²) in [5.41, 5.74) is 8.16. The number of hydrogen-bond donors (Lipinski definition) is 2. The molecule has 1 aliphatic rings. The maximum Gasteiger partial charge on any atom is 0.310 e. The van der Waals surface area contributed by atoms with E-state index in [0.717, 1.165) is 24.9 Å². The van der Waals surface area contributed by atoms with E-state index in [2.05, 4.69) is 36.7 Å². The van der Waals surface area contributed by atoms with Crippen LogP contribution in [0.3, 0.4) is 0 Å². The standard InChI is InChI=1S/C26H30N4O3S/c1-15-22(16(2)30(29-15)19-9-7-6-8-10-19)23(31)25(33)28-27-24(32)21-14-17-13-18(26(3,4)5)11-12-20(17)34-21/h6-10,14,18H,11-13H2,1-5H3,(H,27,32)(H,28,33). The summed E-state index contributed by atoms with van der Waals surface area (Å²) in [4.78, 5) is 39.9. The molecule has 1 aliphatic carbocycles. The molecular formula is C26H30N4O3S. The smallest absolute Gasteiger partial charge is 0.283 e. The molecular weight excluding hydrogens is 448 g/mol. The highest BCUT2D eigenvalue weighted by molar-refractivity contribution is 7.14. The van der Waals surface area contributed by atoms with Crippen LogP contribution in [0.1, 0.15) is 69.1 Å². The van der Waals surface area contributed by atoms with Gasteiger partial charge in [0.15, 0.2) is 0 Å². The molecule has 0 spiro atoms. The average molecular weight is 479 g/mol. The van der Waals surface area contributed by atoms with E-state index >= 15 is 0 Å². The van der Waals surface area contributed by atoms with Crippen LogP contribution >= 0.6 is 11.3 Å². The Morgan fingerprint density at radius 3 is 2.47 bits per heavy atom. The lowest BCUT2D eigenvalue weighted by atomic mass is 9.72. The minimum atomic E-state index is -0.902. The Kier molecular flexibility index (Phi) is 6.45. The zero-order valence-corrected chi connectivity index (χ0v) is 21.0. The number of ketones is 1. The summed E-state index contributed by atoms with van der Waals surface area (Å²) >= 11 is 1.46. The first-order valence-electron chi connectivity index (χ1n) is 11.4. The van der Waals surface area contributed by atoms with Crippen LogP contribution in [-0.2, 0) is 17.6 Å². The number of nitrogens with one attached hydrogen (secondary N) is 2. The Hall–Kier alpha value is -3.26. The van der Waals surface area contributed by atoms with E-state index in [0.29, 0.717) is 22.2 Å². The van der Waals surface area contributed by atoms with Gasteiger partial charge in [-0.1, -0.05) is 39.0 Å². The monoisotopic (exact) mass is 478 g/mol. The molecule has 0 saturated heterocycles. The lowest BCUT2D eigenvalue weighted by Crippen LogP contribution is -2.44. The van der Waals surface area contributed by atoms with Gasteiger partial charge in [-0.05, 0) is 68.2 Å². The molecule has 2 heterocycles. The molecule has 1 unspecified atom stereocenters. The van der Waals surface area contributed by atoms with E-state index < -0.39 is 17.6 Å². The molecule has 1 atom stereocenters. The van der Waals surface area contributed by atoms with Gasteiger partial charge in [0.1, 0.15) is 0 Å². The second kappa shape index (κ2) is 9.18. The van der Waals surface area contributed by atoms with Gasteiger partial charge in [0.2, 0.25) is 0 Å². The highest BCUT2D eigenvalue weighted by Crippen LogP contribution is 2.40. The van der Waals surface area contributed by atoms with E-state index in [-0.39, 0.29) is 11.0 Å². The third kappa shape index (κ3) is 4.68. The van der Waals surface area contributed by atoms with Crippen molar-refractivity contribution in [2.75, 3.05) is 0 Å². The van der Waals surface area contributed by atoms with Crippen LogP contribution in [0, 0.1) is 25.2 Å². The lowest BCUT2D eigenvalue weighted by Gasteiger charge is -2.33. The Bertz CT molecular complexity index is 1250. The minimum absolute atomic E-state index is 0.223. The fourth-order valence-corrected chi connectivity index (χ4v) is 5.62. The summed E-state index contributed by atoms with van der Waals surface area (Å²) in [6, 6.07) is 11.3. The number of rotatable bonds is 4. The van der Waals surface area contributed by atoms with Crippen molar-refractivity contribution in [2.24, 2.45) is 11.3 Å². The molecule has 1 aromatic carbocycles. The van der Waals surface area contributed by atoms with Crippen molar-refractivity contribution >= 4 is 28.9 Å². The Balaban J connectivity index is 1.42. The molecule has 0 aliphatic heterocycles. The topological polar surface area (TPSA) is 93.1 Å². The van der Waals surface area contributed by atoms with Gasteiger partial charge in [0.05, 0.1) is 27.5 Å². The van der Waals surface area contributed by atoms with Gasteiger partial charge in [-0.2, -0.15) is 5.10 Å². The molecule has 3 aromatic rings. The SMILES string of the molecule is Cc1nn(-c2ccccc2)c(C)c1C(=O)C(=O)NNC(=O)c1cc2c(s1)CCC(C(C)(C)C)C2. The molecule has 0 bridgehead atoms. The molecule has 4 rings (SSSR count). The number of hydrazine groups is 1. The van der Waals surface area contributed by atoms with E-state index in [1.807, 2.05) is 36.4 Å². The number of nitrogens with zero attached hydrogens (tertiary/aromatic N) is 2. The summed E-state index contributed by atoms with van der Waals surface area (Å²) in [7, 11) is 0. The number of aryl methyl sites for hydroxylation is 2. The second-order valence-corrected chi connectivity index (χ2v) is 11.0. The van der Waals surface area contributed by atoms with Gasteiger partial charge in [-0.3, -0.25) is 25.2 Å². The van der Waals surface area contributed by atoms with Crippen LogP contribution in [0.5, 0.6) is 0 Å². The number of fused-ring (bicyclic) bond motifs is 1. The second-order valence-electron chi connectivity index (χ2n) is 9.90. The molecule has 0 saturated carbocycles. The van der Waals surface area contributed by atoms with E-state index in [1.54, 1.807) is 18.5 Å². The summed E-state index contributed by atoms with van der Waals surface area (Å²) in [6.45, 7) is 10.2. The van der Waals surface area contributed by atoms with Gasteiger partial charge >= 0.3 is 5.91 Å². The van der Waals surface area contributed by atoms with Gasteiger partial charge in [0, 0.05) is 4.88 Å². The number of hydrogen-bond acceptors (Lipinski definition) is 5. The van der Waals surface area contributed by atoms with Gasteiger partial charge in [-0.15, -0.1) is 11.3 Å². The number of carbonyl (C=O) groups is 3. The largest absolute Gasteiger partial charge is 0.310 e. The molecule has 178 valence electrons. The van der Waals surface area contributed by atoms with Gasteiger partial charge in [-0.25, -0.2) is 4.68 Å². The van der Waals surface area contributed by atoms with Crippen molar-refractivity contribution in [2.45, 2.75) is 53.9 Å². The number of benzene rings is 1. The maximum atomic E-state index is 12.9. The quantitative estimate of drug-likeness (QED) is 0.331. The number of thiophene rings is 1. The van der Waals surface area contributed by atoms with Crippen molar-refractivity contribution in [1.29, 1.82) is 0 Å². The van der Waals surface area contributed by atoms with Crippen LogP contribution in [-0.4, -0.2) is 27.4 Å².